The van der Waals surface area contributed by atoms with Gasteiger partial charge in [-0.1, -0.05) is 24.3 Å². The number of aliphatic hydroxyl groups is 1. The van der Waals surface area contributed by atoms with Gasteiger partial charge in [0.15, 0.2) is 0 Å². The molecule has 0 radical (unpaired) electrons. The van der Waals surface area contributed by atoms with Gasteiger partial charge in [-0.25, -0.2) is 0 Å². The number of hydrogen-bond donors (Lipinski definition) is 2. The zero-order valence-corrected chi connectivity index (χ0v) is 18.8. The van der Waals surface area contributed by atoms with Gasteiger partial charge in [-0.05, 0) is 63.4 Å². The quantitative estimate of drug-likeness (QED) is 0.776. The molecule has 6 heteroatoms. The summed E-state index contributed by atoms with van der Waals surface area (Å²) < 4.78 is 0. The Morgan fingerprint density at radius 1 is 1.19 bits per heavy atom. The predicted molar refractivity (Wildman–Crippen MR) is 123 cm³/mol. The molecule has 166 valence electrons. The Morgan fingerprint density at radius 3 is 2.71 bits per heavy atom. The lowest BCUT2D eigenvalue weighted by Crippen LogP contribution is -2.44. The minimum Gasteiger partial charge on any atom is -0.384 e. The second-order valence-electron chi connectivity index (χ2n) is 9.46. The zero-order chi connectivity index (χ0) is 22.0. The Kier molecular flexibility index (Phi) is 6.42. The lowest BCUT2D eigenvalue weighted by molar-refractivity contribution is -0.123. The van der Waals surface area contributed by atoms with Crippen LogP contribution in [0.25, 0.3) is 0 Å². The van der Waals surface area contributed by atoms with Crippen molar-refractivity contribution in [3.63, 3.8) is 0 Å². The van der Waals surface area contributed by atoms with Gasteiger partial charge in [0.25, 0.3) is 0 Å². The summed E-state index contributed by atoms with van der Waals surface area (Å²) in [6.07, 6.45) is 4.37. The smallest absolute Gasteiger partial charge is 0.230 e. The summed E-state index contributed by atoms with van der Waals surface area (Å²) in [5.41, 5.74) is 3.02. The van der Waals surface area contributed by atoms with Crippen molar-refractivity contribution in [2.75, 3.05) is 38.1 Å². The second-order valence-corrected chi connectivity index (χ2v) is 9.46. The highest BCUT2D eigenvalue weighted by Gasteiger charge is 2.31. The summed E-state index contributed by atoms with van der Waals surface area (Å²) in [4.78, 5) is 22.0. The lowest BCUT2D eigenvalue weighted by atomic mass is 9.86. The van der Waals surface area contributed by atoms with Crippen LogP contribution < -0.4 is 10.2 Å². The van der Waals surface area contributed by atoms with Crippen LogP contribution in [0.5, 0.6) is 0 Å². The number of piperazine rings is 1. The number of rotatable bonds is 5. The second kappa shape index (κ2) is 9.07. The van der Waals surface area contributed by atoms with E-state index in [1.807, 2.05) is 17.0 Å². The van der Waals surface area contributed by atoms with Crippen molar-refractivity contribution in [2.24, 2.45) is 5.92 Å². The van der Waals surface area contributed by atoms with E-state index in [-0.39, 0.29) is 11.8 Å². The van der Waals surface area contributed by atoms with Gasteiger partial charge in [0, 0.05) is 38.1 Å². The molecule has 1 aromatic heterocycles. The first-order valence-electron chi connectivity index (χ1n) is 11.3. The van der Waals surface area contributed by atoms with E-state index in [0.29, 0.717) is 11.7 Å². The maximum Gasteiger partial charge on any atom is 0.230 e. The van der Waals surface area contributed by atoms with Crippen LogP contribution in [-0.4, -0.2) is 54.1 Å². The molecule has 6 nitrogen and oxygen atoms in total. The zero-order valence-electron chi connectivity index (χ0n) is 18.8. The van der Waals surface area contributed by atoms with Crippen molar-refractivity contribution >= 4 is 11.6 Å². The van der Waals surface area contributed by atoms with Crippen LogP contribution in [0.3, 0.4) is 0 Å². The number of aromatic nitrogens is 1. The number of likely N-dealkylation sites (N-methyl/N-ethyl adjacent to an activating group) is 1. The summed E-state index contributed by atoms with van der Waals surface area (Å²) in [5.74, 6) is 0.151. The molecule has 2 aromatic rings. The summed E-state index contributed by atoms with van der Waals surface area (Å²) in [6, 6.07) is 12.6. The maximum atomic E-state index is 13.4. The molecule has 1 aromatic carbocycles. The molecule has 0 bridgehead atoms. The first-order valence-corrected chi connectivity index (χ1v) is 11.3. The van der Waals surface area contributed by atoms with Crippen molar-refractivity contribution in [3.8, 4) is 0 Å². The Bertz CT molecular complexity index is 906. The monoisotopic (exact) mass is 422 g/mol. The van der Waals surface area contributed by atoms with E-state index >= 15 is 0 Å². The Labute approximate surface area is 185 Å². The number of amides is 1. The molecule has 2 aliphatic heterocycles. The number of carbonyl (C=O) groups is 1. The van der Waals surface area contributed by atoms with Crippen molar-refractivity contribution in [3.05, 3.63) is 59.4 Å². The normalized spacial score (nSPS) is 23.2. The SMILES string of the molecule is CN1CCNC(c2ccccc2CC2CCCN(c3ccc(C(C)(C)O)nc3)C2=O)C1. The van der Waals surface area contributed by atoms with Crippen molar-refractivity contribution in [1.82, 2.24) is 15.2 Å². The summed E-state index contributed by atoms with van der Waals surface area (Å²) in [6.45, 7) is 7.19. The average Bonchev–Trinajstić information content (AvgIpc) is 2.75. The molecule has 2 unspecified atom stereocenters. The van der Waals surface area contributed by atoms with E-state index in [2.05, 4.69) is 46.5 Å². The van der Waals surface area contributed by atoms with Gasteiger partial charge in [0.05, 0.1) is 17.6 Å². The highest BCUT2D eigenvalue weighted by Crippen LogP contribution is 2.30. The Morgan fingerprint density at radius 2 is 2.00 bits per heavy atom. The molecule has 4 rings (SSSR count). The molecule has 3 heterocycles. The van der Waals surface area contributed by atoms with Crippen molar-refractivity contribution in [2.45, 2.75) is 44.8 Å². The van der Waals surface area contributed by atoms with E-state index in [4.69, 9.17) is 0 Å². The molecule has 1 amide bonds. The minimum absolute atomic E-state index is 0.0230. The maximum absolute atomic E-state index is 13.4. The van der Waals surface area contributed by atoms with Crippen LogP contribution in [0.2, 0.25) is 0 Å². The third kappa shape index (κ3) is 4.97. The lowest BCUT2D eigenvalue weighted by Gasteiger charge is -2.34. The van der Waals surface area contributed by atoms with E-state index < -0.39 is 5.60 Å². The number of piperidine rings is 1. The van der Waals surface area contributed by atoms with Crippen LogP contribution in [0.1, 0.15) is 49.6 Å². The minimum atomic E-state index is -0.988. The Hall–Kier alpha value is -2.28. The molecular formula is C25H34N4O2. The number of carbonyl (C=O) groups excluding carboxylic acids is 1. The molecule has 2 atom stereocenters. The molecule has 0 aliphatic carbocycles. The van der Waals surface area contributed by atoms with Gasteiger partial charge >= 0.3 is 0 Å². The molecular weight excluding hydrogens is 388 g/mol. The van der Waals surface area contributed by atoms with E-state index in [1.54, 1.807) is 20.0 Å². The van der Waals surface area contributed by atoms with Gasteiger partial charge < -0.3 is 20.2 Å². The van der Waals surface area contributed by atoms with E-state index in [1.165, 1.54) is 11.1 Å². The third-order valence-electron chi connectivity index (χ3n) is 6.51. The number of benzene rings is 1. The van der Waals surface area contributed by atoms with Gasteiger partial charge in [-0.3, -0.25) is 9.78 Å². The van der Waals surface area contributed by atoms with Crippen LogP contribution in [0, 0.1) is 5.92 Å². The number of nitrogens with one attached hydrogen (secondary N) is 1. The standard InChI is InChI=1S/C25H34N4O2/c1-25(2,31)23-11-10-20(16-27-23)29-13-6-8-19(24(29)30)15-18-7-4-5-9-21(18)22-17-28(3)14-12-26-22/h4-5,7,9-11,16,19,22,26,31H,6,8,12-15,17H2,1-3H3. The van der Waals surface area contributed by atoms with Crippen LogP contribution in [0.4, 0.5) is 5.69 Å². The summed E-state index contributed by atoms with van der Waals surface area (Å²) >= 11 is 0. The molecule has 2 N–H and O–H groups in total. The number of pyridine rings is 1. The first kappa shape index (κ1) is 21.9. The van der Waals surface area contributed by atoms with Gasteiger partial charge in [0.1, 0.15) is 5.60 Å². The fourth-order valence-electron chi connectivity index (χ4n) is 4.73. The largest absolute Gasteiger partial charge is 0.384 e. The number of anilines is 1. The van der Waals surface area contributed by atoms with E-state index in [9.17, 15) is 9.90 Å². The van der Waals surface area contributed by atoms with Crippen LogP contribution in [0.15, 0.2) is 42.6 Å². The summed E-state index contributed by atoms with van der Waals surface area (Å²) in [7, 11) is 2.16. The van der Waals surface area contributed by atoms with Crippen molar-refractivity contribution in [1.29, 1.82) is 0 Å². The van der Waals surface area contributed by atoms with Gasteiger partial charge in [0.2, 0.25) is 5.91 Å². The molecule has 31 heavy (non-hydrogen) atoms. The van der Waals surface area contributed by atoms with Crippen LogP contribution in [-0.2, 0) is 16.8 Å². The Balaban J connectivity index is 1.51. The van der Waals surface area contributed by atoms with Crippen LogP contribution >= 0.6 is 0 Å². The van der Waals surface area contributed by atoms with Crippen molar-refractivity contribution < 1.29 is 9.90 Å². The molecule has 2 fully saturated rings. The molecule has 2 saturated heterocycles. The van der Waals surface area contributed by atoms with E-state index in [0.717, 1.165) is 51.1 Å². The molecule has 2 aliphatic rings. The topological polar surface area (TPSA) is 68.7 Å². The summed E-state index contributed by atoms with van der Waals surface area (Å²) in [5, 5.41) is 13.8. The highest BCUT2D eigenvalue weighted by atomic mass is 16.3. The third-order valence-corrected chi connectivity index (χ3v) is 6.51. The first-order chi connectivity index (χ1) is 14.8. The van der Waals surface area contributed by atoms with Gasteiger partial charge in [-0.2, -0.15) is 0 Å². The molecule has 0 saturated carbocycles. The number of nitrogens with zero attached hydrogens (tertiary/aromatic N) is 3. The fraction of sp³-hybridized carbons (Fsp3) is 0.520. The number of hydrogen-bond acceptors (Lipinski definition) is 5. The average molecular weight is 423 g/mol. The fourth-order valence-corrected chi connectivity index (χ4v) is 4.73. The highest BCUT2D eigenvalue weighted by molar-refractivity contribution is 5.95. The molecule has 0 spiro atoms. The van der Waals surface area contributed by atoms with Gasteiger partial charge in [-0.15, -0.1) is 0 Å². The predicted octanol–water partition coefficient (Wildman–Crippen LogP) is 2.87.